The van der Waals surface area contributed by atoms with E-state index in [-0.39, 0.29) is 6.10 Å². The Hall–Kier alpha value is -0.570. The predicted octanol–water partition coefficient (Wildman–Crippen LogP) is 2.16. The van der Waals surface area contributed by atoms with Gasteiger partial charge in [0.2, 0.25) is 0 Å². The van der Waals surface area contributed by atoms with E-state index in [0.29, 0.717) is 13.0 Å². The fourth-order valence-electron chi connectivity index (χ4n) is 1.53. The molecule has 3 heteroatoms. The molecule has 1 atom stereocenters. The Labute approximate surface area is 96.3 Å². The second-order valence-corrected chi connectivity index (χ2v) is 4.17. The highest BCUT2D eigenvalue weighted by atomic mass is 35.5. The van der Waals surface area contributed by atoms with E-state index in [1.165, 1.54) is 0 Å². The van der Waals surface area contributed by atoms with Crippen molar-refractivity contribution in [1.82, 2.24) is 5.32 Å². The first-order valence-electron chi connectivity index (χ1n) is 5.27. The maximum absolute atomic E-state index is 9.73. The summed E-state index contributed by atoms with van der Waals surface area (Å²) in [6.45, 7) is 5.57. The van der Waals surface area contributed by atoms with E-state index in [4.69, 9.17) is 11.6 Å². The van der Waals surface area contributed by atoms with Gasteiger partial charge in [0, 0.05) is 11.6 Å². The van der Waals surface area contributed by atoms with Crippen LogP contribution in [0.2, 0.25) is 5.02 Å². The van der Waals surface area contributed by atoms with Crippen LogP contribution in [0, 0.1) is 6.92 Å². The third kappa shape index (κ3) is 4.20. The lowest BCUT2D eigenvalue weighted by Gasteiger charge is -2.12. The van der Waals surface area contributed by atoms with Gasteiger partial charge in [0.05, 0.1) is 6.10 Å². The zero-order chi connectivity index (χ0) is 11.3. The third-order valence-corrected chi connectivity index (χ3v) is 2.63. The number of aryl methyl sites for hydroxylation is 1. The van der Waals surface area contributed by atoms with E-state index >= 15 is 0 Å². The summed E-state index contributed by atoms with van der Waals surface area (Å²) in [4.78, 5) is 0. The number of rotatable bonds is 5. The Kier molecular flexibility index (Phi) is 5.09. The number of benzene rings is 1. The number of hydrogen-bond acceptors (Lipinski definition) is 2. The van der Waals surface area contributed by atoms with Crippen LogP contribution in [0.25, 0.3) is 0 Å². The second kappa shape index (κ2) is 6.11. The van der Waals surface area contributed by atoms with Crippen molar-refractivity contribution < 1.29 is 5.11 Å². The fraction of sp³-hybridized carbons (Fsp3) is 0.500. The van der Waals surface area contributed by atoms with Gasteiger partial charge >= 0.3 is 0 Å². The summed E-state index contributed by atoms with van der Waals surface area (Å²) in [5.41, 5.74) is 2.29. The van der Waals surface area contributed by atoms with Crippen LogP contribution in [0.4, 0.5) is 0 Å². The molecular formula is C12H18ClNO. The maximum Gasteiger partial charge on any atom is 0.0704 e. The van der Waals surface area contributed by atoms with E-state index in [2.05, 4.69) is 5.32 Å². The predicted molar refractivity (Wildman–Crippen MR) is 64.4 cm³/mol. The van der Waals surface area contributed by atoms with Crippen molar-refractivity contribution >= 4 is 11.6 Å². The van der Waals surface area contributed by atoms with Gasteiger partial charge in [0.1, 0.15) is 0 Å². The molecule has 2 nitrogen and oxygen atoms in total. The Balaban J connectivity index is 2.56. The molecule has 1 rings (SSSR count). The second-order valence-electron chi connectivity index (χ2n) is 3.74. The van der Waals surface area contributed by atoms with Crippen LogP contribution >= 0.6 is 11.6 Å². The molecule has 0 heterocycles. The molecule has 1 aromatic rings. The molecule has 1 unspecified atom stereocenters. The molecule has 0 bridgehead atoms. The van der Waals surface area contributed by atoms with Crippen molar-refractivity contribution in [2.75, 3.05) is 13.1 Å². The molecule has 0 aliphatic rings. The van der Waals surface area contributed by atoms with Crippen molar-refractivity contribution in [2.45, 2.75) is 26.4 Å². The third-order valence-electron chi connectivity index (χ3n) is 2.39. The molecule has 0 amide bonds. The number of aliphatic hydroxyl groups is 1. The molecule has 0 aromatic heterocycles. The molecule has 0 spiro atoms. The highest BCUT2D eigenvalue weighted by molar-refractivity contribution is 6.30. The Morgan fingerprint density at radius 1 is 1.47 bits per heavy atom. The van der Waals surface area contributed by atoms with Crippen LogP contribution in [0.15, 0.2) is 18.2 Å². The summed E-state index contributed by atoms with van der Waals surface area (Å²) in [6.07, 6.45) is 0.348. The highest BCUT2D eigenvalue weighted by Crippen LogP contribution is 2.16. The van der Waals surface area contributed by atoms with Gasteiger partial charge < -0.3 is 10.4 Å². The van der Waals surface area contributed by atoms with E-state index in [1.807, 2.05) is 32.0 Å². The van der Waals surface area contributed by atoms with Gasteiger partial charge in [-0.2, -0.15) is 0 Å². The number of likely N-dealkylation sites (N-methyl/N-ethyl adjacent to an activating group) is 1. The topological polar surface area (TPSA) is 32.3 Å². The minimum absolute atomic E-state index is 0.329. The molecule has 0 aliphatic heterocycles. The van der Waals surface area contributed by atoms with Gasteiger partial charge in [-0.25, -0.2) is 0 Å². The molecular weight excluding hydrogens is 210 g/mol. The first-order chi connectivity index (χ1) is 7.13. The van der Waals surface area contributed by atoms with Gasteiger partial charge in [-0.3, -0.25) is 0 Å². The minimum atomic E-state index is -0.329. The molecule has 84 valence electrons. The van der Waals surface area contributed by atoms with Gasteiger partial charge in [0.15, 0.2) is 0 Å². The molecule has 0 radical (unpaired) electrons. The van der Waals surface area contributed by atoms with E-state index in [9.17, 15) is 5.11 Å². The number of nitrogens with one attached hydrogen (secondary N) is 1. The lowest BCUT2D eigenvalue weighted by molar-refractivity contribution is 0.172. The number of hydrogen-bond donors (Lipinski definition) is 2. The summed E-state index contributed by atoms with van der Waals surface area (Å²) >= 11 is 5.86. The molecule has 0 aliphatic carbocycles. The largest absolute Gasteiger partial charge is 0.391 e. The fourth-order valence-corrected chi connectivity index (χ4v) is 1.75. The summed E-state index contributed by atoms with van der Waals surface area (Å²) in [5.74, 6) is 0. The standard InChI is InChI=1S/C12H18ClNO/c1-3-14-8-12(15)7-10-4-5-11(13)6-9(10)2/h4-6,12,14-15H,3,7-8H2,1-2H3. The van der Waals surface area contributed by atoms with Crippen LogP contribution in [0.3, 0.4) is 0 Å². The number of aliphatic hydroxyl groups excluding tert-OH is 1. The van der Waals surface area contributed by atoms with Crippen LogP contribution in [0.5, 0.6) is 0 Å². The first-order valence-corrected chi connectivity index (χ1v) is 5.65. The van der Waals surface area contributed by atoms with Crippen molar-refractivity contribution in [2.24, 2.45) is 0 Å². The van der Waals surface area contributed by atoms with Gasteiger partial charge in [-0.1, -0.05) is 24.6 Å². The van der Waals surface area contributed by atoms with Gasteiger partial charge in [-0.05, 0) is 43.1 Å². The van der Waals surface area contributed by atoms with Crippen molar-refractivity contribution in [3.05, 3.63) is 34.3 Å². The van der Waals surface area contributed by atoms with Crippen LogP contribution in [0.1, 0.15) is 18.1 Å². The summed E-state index contributed by atoms with van der Waals surface area (Å²) in [6, 6.07) is 5.77. The van der Waals surface area contributed by atoms with Crippen molar-refractivity contribution in [3.63, 3.8) is 0 Å². The van der Waals surface area contributed by atoms with Crippen LogP contribution in [-0.2, 0) is 6.42 Å². The number of halogens is 1. The quantitative estimate of drug-likeness (QED) is 0.808. The highest BCUT2D eigenvalue weighted by Gasteiger charge is 2.06. The molecule has 1 aromatic carbocycles. The lowest BCUT2D eigenvalue weighted by Crippen LogP contribution is -2.28. The van der Waals surface area contributed by atoms with E-state index in [0.717, 1.165) is 22.7 Å². The average molecular weight is 228 g/mol. The smallest absolute Gasteiger partial charge is 0.0704 e. The van der Waals surface area contributed by atoms with E-state index < -0.39 is 0 Å². The molecule has 0 fully saturated rings. The zero-order valence-electron chi connectivity index (χ0n) is 9.26. The average Bonchev–Trinajstić information content (AvgIpc) is 2.19. The Morgan fingerprint density at radius 3 is 2.80 bits per heavy atom. The van der Waals surface area contributed by atoms with E-state index in [1.54, 1.807) is 0 Å². The summed E-state index contributed by atoms with van der Waals surface area (Å²) in [7, 11) is 0. The van der Waals surface area contributed by atoms with Crippen LogP contribution < -0.4 is 5.32 Å². The maximum atomic E-state index is 9.73. The van der Waals surface area contributed by atoms with Gasteiger partial charge in [0.25, 0.3) is 0 Å². The molecule has 2 N–H and O–H groups in total. The SMILES string of the molecule is CCNCC(O)Cc1ccc(Cl)cc1C. The first kappa shape index (κ1) is 12.5. The van der Waals surface area contributed by atoms with Crippen LogP contribution in [-0.4, -0.2) is 24.3 Å². The summed E-state index contributed by atoms with van der Waals surface area (Å²) in [5, 5.41) is 13.6. The zero-order valence-corrected chi connectivity index (χ0v) is 10.0. The Morgan fingerprint density at radius 2 is 2.20 bits per heavy atom. The van der Waals surface area contributed by atoms with Gasteiger partial charge in [-0.15, -0.1) is 0 Å². The Bertz CT molecular complexity index is 314. The molecule has 15 heavy (non-hydrogen) atoms. The van der Waals surface area contributed by atoms with Crippen molar-refractivity contribution in [1.29, 1.82) is 0 Å². The normalized spacial score (nSPS) is 12.8. The molecule has 0 saturated carbocycles. The summed E-state index contributed by atoms with van der Waals surface area (Å²) < 4.78 is 0. The minimum Gasteiger partial charge on any atom is -0.391 e. The lowest BCUT2D eigenvalue weighted by atomic mass is 10.0. The molecule has 0 saturated heterocycles. The monoisotopic (exact) mass is 227 g/mol. The van der Waals surface area contributed by atoms with Crippen molar-refractivity contribution in [3.8, 4) is 0 Å².